The number of morpholine rings is 1. The fraction of sp³-hybridized carbons (Fsp3) is 0.348. The fourth-order valence-electron chi connectivity index (χ4n) is 4.17. The Balaban J connectivity index is 1.47. The number of nitrogens with zero attached hydrogens (tertiary/aromatic N) is 2. The third-order valence-electron chi connectivity index (χ3n) is 5.77. The van der Waals surface area contributed by atoms with Crippen molar-refractivity contribution in [1.29, 1.82) is 0 Å². The van der Waals surface area contributed by atoms with Crippen molar-refractivity contribution in [2.75, 3.05) is 48.1 Å². The predicted molar refractivity (Wildman–Crippen MR) is 136 cm³/mol. The molecule has 0 saturated carbocycles. The molecule has 2 saturated heterocycles. The van der Waals surface area contributed by atoms with Crippen LogP contribution < -0.4 is 20.3 Å². The molecule has 3 N–H and O–H groups in total. The lowest BCUT2D eigenvalue weighted by Gasteiger charge is -2.27. The van der Waals surface area contributed by atoms with Gasteiger partial charge in [-0.3, -0.25) is 9.59 Å². The molecule has 11 nitrogen and oxygen atoms in total. The highest BCUT2D eigenvalue weighted by Crippen LogP contribution is 2.24. The number of rotatable bonds is 6. The van der Waals surface area contributed by atoms with Crippen molar-refractivity contribution in [2.24, 2.45) is 0 Å². The smallest absolute Gasteiger partial charge is 0.322 e. The van der Waals surface area contributed by atoms with E-state index in [1.165, 1.54) is 4.90 Å². The average molecular weight is 536 g/mol. The van der Waals surface area contributed by atoms with Crippen LogP contribution in [0.1, 0.15) is 6.42 Å². The summed E-state index contributed by atoms with van der Waals surface area (Å²) < 4.78 is 31.1. The van der Waals surface area contributed by atoms with Crippen LogP contribution in [-0.4, -0.2) is 75.8 Å². The molecule has 192 valence electrons. The van der Waals surface area contributed by atoms with E-state index in [9.17, 15) is 22.8 Å². The first kappa shape index (κ1) is 25.9. The molecule has 36 heavy (non-hydrogen) atoms. The quantitative estimate of drug-likeness (QED) is 0.516. The SMILES string of the molecule is CS(=O)(=O)N[C@H]1C[C@H](C(=O)Nc2ccc(N3CCOCC3=O)cc2)N(C(=O)Nc2ccc(Cl)cc2)C1. The van der Waals surface area contributed by atoms with Crippen LogP contribution in [-0.2, 0) is 24.3 Å². The first-order chi connectivity index (χ1) is 17.1. The van der Waals surface area contributed by atoms with Crippen molar-refractivity contribution in [1.82, 2.24) is 9.62 Å². The van der Waals surface area contributed by atoms with Crippen molar-refractivity contribution in [3.05, 3.63) is 53.6 Å². The minimum absolute atomic E-state index is 0.0165. The Morgan fingerprint density at radius 1 is 1.03 bits per heavy atom. The molecule has 0 spiro atoms. The predicted octanol–water partition coefficient (Wildman–Crippen LogP) is 1.87. The molecule has 2 fully saturated rings. The molecule has 0 radical (unpaired) electrons. The lowest BCUT2D eigenvalue weighted by Crippen LogP contribution is -2.45. The molecule has 2 aromatic carbocycles. The van der Waals surface area contributed by atoms with E-state index >= 15 is 0 Å². The molecule has 2 aliphatic rings. The number of nitrogens with one attached hydrogen (secondary N) is 3. The van der Waals surface area contributed by atoms with E-state index in [4.69, 9.17) is 16.3 Å². The lowest BCUT2D eigenvalue weighted by molar-refractivity contribution is -0.125. The fourth-order valence-corrected chi connectivity index (χ4v) is 5.07. The Hall–Kier alpha value is -3.19. The van der Waals surface area contributed by atoms with E-state index in [1.54, 1.807) is 53.4 Å². The van der Waals surface area contributed by atoms with Gasteiger partial charge >= 0.3 is 6.03 Å². The number of sulfonamides is 1. The van der Waals surface area contributed by atoms with Gasteiger partial charge in [0.2, 0.25) is 15.9 Å². The molecule has 2 aromatic rings. The second-order valence-electron chi connectivity index (χ2n) is 8.56. The zero-order chi connectivity index (χ0) is 25.9. The maximum absolute atomic E-state index is 13.2. The Kier molecular flexibility index (Phi) is 7.79. The molecule has 13 heteroatoms. The van der Waals surface area contributed by atoms with Gasteiger partial charge in [-0.25, -0.2) is 17.9 Å². The first-order valence-corrected chi connectivity index (χ1v) is 13.5. The summed E-state index contributed by atoms with van der Waals surface area (Å²) in [5.74, 6) is -0.606. The summed E-state index contributed by atoms with van der Waals surface area (Å²) in [6.45, 7) is 0.932. The van der Waals surface area contributed by atoms with Gasteiger partial charge in [-0.2, -0.15) is 0 Å². The molecule has 4 amide bonds. The number of hydrogen-bond donors (Lipinski definition) is 3. The van der Waals surface area contributed by atoms with Gasteiger partial charge in [0, 0.05) is 41.2 Å². The summed E-state index contributed by atoms with van der Waals surface area (Å²) in [6.07, 6.45) is 1.13. The third kappa shape index (κ3) is 6.52. The van der Waals surface area contributed by atoms with Crippen LogP contribution in [0.5, 0.6) is 0 Å². The number of carbonyl (C=O) groups is 3. The second-order valence-corrected chi connectivity index (χ2v) is 10.8. The largest absolute Gasteiger partial charge is 0.370 e. The standard InChI is InChI=1S/C23H26ClN5O6S/c1-36(33,34)27-18-12-20(29(13-18)23(32)26-17-4-2-15(24)3-5-17)22(31)25-16-6-8-19(9-7-16)28-10-11-35-14-21(28)30/h2-9,18,20,27H,10-14H2,1H3,(H,25,31)(H,26,32)/t18-,20+/m0/s1. The number of anilines is 3. The molecular formula is C23H26ClN5O6S. The van der Waals surface area contributed by atoms with Crippen molar-refractivity contribution in [3.63, 3.8) is 0 Å². The van der Waals surface area contributed by atoms with Gasteiger partial charge in [0.15, 0.2) is 0 Å². The number of carbonyl (C=O) groups excluding carboxylic acids is 3. The molecule has 0 aromatic heterocycles. The van der Waals surface area contributed by atoms with Crippen molar-refractivity contribution in [2.45, 2.75) is 18.5 Å². The van der Waals surface area contributed by atoms with E-state index < -0.39 is 34.0 Å². The van der Waals surface area contributed by atoms with Crippen molar-refractivity contribution in [3.8, 4) is 0 Å². The first-order valence-electron chi connectivity index (χ1n) is 11.2. The highest BCUT2D eigenvalue weighted by molar-refractivity contribution is 7.88. The van der Waals surface area contributed by atoms with Gasteiger partial charge in [-0.1, -0.05) is 11.6 Å². The maximum atomic E-state index is 13.2. The van der Waals surface area contributed by atoms with E-state index in [0.29, 0.717) is 35.2 Å². The number of halogens is 1. The van der Waals surface area contributed by atoms with Gasteiger partial charge in [0.25, 0.3) is 5.91 Å². The zero-order valence-electron chi connectivity index (χ0n) is 19.4. The van der Waals surface area contributed by atoms with Gasteiger partial charge in [-0.15, -0.1) is 0 Å². The van der Waals surface area contributed by atoms with Gasteiger partial charge in [-0.05, 0) is 55.0 Å². The molecule has 0 unspecified atom stereocenters. The molecule has 4 rings (SSSR count). The number of likely N-dealkylation sites (tertiary alicyclic amines) is 1. The molecule has 2 atom stereocenters. The maximum Gasteiger partial charge on any atom is 0.322 e. The monoisotopic (exact) mass is 535 g/mol. The summed E-state index contributed by atoms with van der Waals surface area (Å²) in [5.41, 5.74) is 1.64. The molecule has 0 bridgehead atoms. The highest BCUT2D eigenvalue weighted by Gasteiger charge is 2.40. The summed E-state index contributed by atoms with van der Waals surface area (Å²) in [5, 5.41) is 6.00. The van der Waals surface area contributed by atoms with Gasteiger partial charge < -0.3 is 25.2 Å². The number of ether oxygens (including phenoxy) is 1. The highest BCUT2D eigenvalue weighted by atomic mass is 35.5. The Labute approximate surface area is 213 Å². The van der Waals surface area contributed by atoms with E-state index in [2.05, 4.69) is 15.4 Å². The minimum Gasteiger partial charge on any atom is -0.370 e. The summed E-state index contributed by atoms with van der Waals surface area (Å²) >= 11 is 5.89. The topological polar surface area (TPSA) is 137 Å². The normalized spacial score (nSPS) is 20.3. The van der Waals surface area contributed by atoms with Gasteiger partial charge in [0.1, 0.15) is 12.6 Å². The number of amides is 4. The molecular weight excluding hydrogens is 510 g/mol. The Bertz CT molecular complexity index is 1240. The summed E-state index contributed by atoms with van der Waals surface area (Å²) in [7, 11) is -3.54. The second kappa shape index (κ2) is 10.8. The van der Waals surface area contributed by atoms with Crippen LogP contribution in [0.4, 0.5) is 21.9 Å². The van der Waals surface area contributed by atoms with Crippen molar-refractivity contribution < 1.29 is 27.5 Å². The number of hydrogen-bond acceptors (Lipinski definition) is 6. The minimum atomic E-state index is -3.54. The Morgan fingerprint density at radius 3 is 2.31 bits per heavy atom. The van der Waals surface area contributed by atoms with E-state index in [0.717, 1.165) is 6.26 Å². The molecule has 0 aliphatic carbocycles. The van der Waals surface area contributed by atoms with Gasteiger partial charge in [0.05, 0.1) is 12.9 Å². The number of urea groups is 1. The molecule has 2 aliphatic heterocycles. The van der Waals surface area contributed by atoms with Crippen LogP contribution in [0.2, 0.25) is 5.02 Å². The summed E-state index contributed by atoms with van der Waals surface area (Å²) in [4.78, 5) is 41.1. The average Bonchev–Trinajstić information content (AvgIpc) is 3.24. The summed E-state index contributed by atoms with van der Waals surface area (Å²) in [6, 6.07) is 11.1. The van der Waals surface area contributed by atoms with Crippen molar-refractivity contribution >= 4 is 56.5 Å². The zero-order valence-corrected chi connectivity index (χ0v) is 21.0. The lowest BCUT2D eigenvalue weighted by atomic mass is 10.1. The van der Waals surface area contributed by atoms with Crippen LogP contribution in [0.15, 0.2) is 48.5 Å². The molecule has 2 heterocycles. The van der Waals surface area contributed by atoms with E-state index in [1.807, 2.05) is 0 Å². The third-order valence-corrected chi connectivity index (χ3v) is 6.79. The number of benzene rings is 2. The Morgan fingerprint density at radius 2 is 1.67 bits per heavy atom. The van der Waals surface area contributed by atoms with E-state index in [-0.39, 0.29) is 25.5 Å². The van der Waals surface area contributed by atoms with Crippen LogP contribution in [0, 0.1) is 0 Å². The van der Waals surface area contributed by atoms with Crippen LogP contribution in [0.25, 0.3) is 0 Å². The van der Waals surface area contributed by atoms with Crippen LogP contribution >= 0.6 is 11.6 Å². The van der Waals surface area contributed by atoms with Crippen LogP contribution in [0.3, 0.4) is 0 Å².